The summed E-state index contributed by atoms with van der Waals surface area (Å²) in [5.41, 5.74) is 0.0335. The molecular formula is C11H11FN2O3. The van der Waals surface area contributed by atoms with E-state index < -0.39 is 11.8 Å². The zero-order valence-electron chi connectivity index (χ0n) is 9.13. The van der Waals surface area contributed by atoms with Crippen molar-refractivity contribution in [3.63, 3.8) is 0 Å². The van der Waals surface area contributed by atoms with Gasteiger partial charge in [0, 0.05) is 0 Å². The maximum absolute atomic E-state index is 12.6. The Balaban J connectivity index is 2.75. The normalized spacial score (nSPS) is 11.8. The van der Waals surface area contributed by atoms with E-state index in [0.717, 1.165) is 0 Å². The van der Waals surface area contributed by atoms with Gasteiger partial charge in [0.2, 0.25) is 5.70 Å². The van der Waals surface area contributed by atoms with Crippen LogP contribution in [0.1, 0.15) is 6.92 Å². The molecule has 0 atom stereocenters. The minimum Gasteiger partial charge on any atom is -0.513 e. The van der Waals surface area contributed by atoms with Gasteiger partial charge in [-0.15, -0.1) is 5.11 Å². The van der Waals surface area contributed by atoms with Crippen LogP contribution in [0.15, 0.2) is 46.5 Å². The first-order chi connectivity index (χ1) is 8.17. The third-order valence-corrected chi connectivity index (χ3v) is 1.71. The molecule has 1 rings (SSSR count). The monoisotopic (exact) mass is 238 g/mol. The Morgan fingerprint density at radius 2 is 2.12 bits per heavy atom. The zero-order valence-corrected chi connectivity index (χ0v) is 9.13. The molecule has 1 N–H and O–H groups in total. The van der Waals surface area contributed by atoms with Gasteiger partial charge in [0.1, 0.15) is 12.1 Å². The van der Waals surface area contributed by atoms with Crippen molar-refractivity contribution >= 4 is 11.7 Å². The lowest BCUT2D eigenvalue weighted by Crippen LogP contribution is -2.05. The molecule has 1 aromatic carbocycles. The molecule has 6 heteroatoms. The van der Waals surface area contributed by atoms with Crippen LogP contribution in [0.3, 0.4) is 0 Å². The van der Waals surface area contributed by atoms with Crippen molar-refractivity contribution in [2.45, 2.75) is 6.92 Å². The first-order valence-electron chi connectivity index (χ1n) is 4.86. The van der Waals surface area contributed by atoms with E-state index in [0.29, 0.717) is 11.9 Å². The van der Waals surface area contributed by atoms with Crippen molar-refractivity contribution in [3.05, 3.63) is 42.0 Å². The maximum atomic E-state index is 12.6. The molecule has 0 heterocycles. The van der Waals surface area contributed by atoms with E-state index in [1.54, 1.807) is 6.92 Å². The molecule has 0 spiro atoms. The fraction of sp³-hybridized carbons (Fsp3) is 0.182. The molecule has 0 aliphatic heterocycles. The number of carbonyl (C=O) groups is 1. The van der Waals surface area contributed by atoms with Crippen molar-refractivity contribution in [2.24, 2.45) is 10.2 Å². The van der Waals surface area contributed by atoms with Gasteiger partial charge >= 0.3 is 5.97 Å². The third kappa shape index (κ3) is 4.02. The highest BCUT2D eigenvalue weighted by Crippen LogP contribution is 2.14. The van der Waals surface area contributed by atoms with Crippen molar-refractivity contribution in [3.8, 4) is 0 Å². The number of azo groups is 1. The van der Waals surface area contributed by atoms with Crippen molar-refractivity contribution in [1.82, 2.24) is 0 Å². The highest BCUT2D eigenvalue weighted by Gasteiger charge is 2.09. The first-order valence-corrected chi connectivity index (χ1v) is 4.86. The van der Waals surface area contributed by atoms with E-state index in [1.807, 2.05) is 0 Å². The van der Waals surface area contributed by atoms with Gasteiger partial charge in [0.15, 0.2) is 0 Å². The summed E-state index contributed by atoms with van der Waals surface area (Å²) in [4.78, 5) is 11.2. The quantitative estimate of drug-likeness (QED) is 0.379. The van der Waals surface area contributed by atoms with Crippen LogP contribution in [0.4, 0.5) is 10.1 Å². The molecule has 0 saturated carbocycles. The van der Waals surface area contributed by atoms with E-state index in [1.165, 1.54) is 24.3 Å². The Labute approximate surface area is 97.2 Å². The average molecular weight is 238 g/mol. The van der Waals surface area contributed by atoms with Crippen LogP contribution in [0, 0.1) is 5.82 Å². The molecule has 17 heavy (non-hydrogen) atoms. The Kier molecular flexibility index (Phi) is 4.80. The van der Waals surface area contributed by atoms with Gasteiger partial charge in [-0.1, -0.05) is 0 Å². The second-order valence-corrected chi connectivity index (χ2v) is 2.91. The summed E-state index contributed by atoms with van der Waals surface area (Å²) in [6, 6.07) is 5.19. The number of nitrogens with zero attached hydrogens (tertiary/aromatic N) is 2. The molecule has 0 amide bonds. The standard InChI is InChI=1S/C11H11FN2O3/c1-2-17-11(16)10(7-15)14-13-9-5-3-8(12)4-6-9/h3-7,15H,2H2,1H3. The predicted molar refractivity (Wildman–Crippen MR) is 58.3 cm³/mol. The van der Waals surface area contributed by atoms with Gasteiger partial charge in [0.05, 0.1) is 12.3 Å². The Morgan fingerprint density at radius 3 is 2.65 bits per heavy atom. The van der Waals surface area contributed by atoms with Crippen LogP contribution in [-0.4, -0.2) is 17.7 Å². The summed E-state index contributed by atoms with van der Waals surface area (Å²) in [5.74, 6) is -1.17. The molecule has 0 saturated heterocycles. The van der Waals surface area contributed by atoms with E-state index in [2.05, 4.69) is 15.0 Å². The van der Waals surface area contributed by atoms with Crippen LogP contribution in [0.25, 0.3) is 0 Å². The lowest BCUT2D eigenvalue weighted by atomic mass is 10.3. The van der Waals surface area contributed by atoms with Crippen LogP contribution in [0.2, 0.25) is 0 Å². The lowest BCUT2D eigenvalue weighted by Gasteiger charge is -1.99. The number of hydrogen-bond acceptors (Lipinski definition) is 5. The molecule has 0 aliphatic rings. The summed E-state index contributed by atoms with van der Waals surface area (Å²) in [7, 11) is 0. The van der Waals surface area contributed by atoms with Gasteiger partial charge in [0.25, 0.3) is 0 Å². The summed E-state index contributed by atoms with van der Waals surface area (Å²) < 4.78 is 17.2. The SMILES string of the molecule is CCOC(=O)C(=CO)N=Nc1ccc(F)cc1. The maximum Gasteiger partial charge on any atom is 0.362 e. The highest BCUT2D eigenvalue weighted by molar-refractivity contribution is 5.87. The largest absolute Gasteiger partial charge is 0.513 e. The number of benzene rings is 1. The molecule has 0 radical (unpaired) electrons. The van der Waals surface area contributed by atoms with E-state index in [9.17, 15) is 9.18 Å². The first kappa shape index (κ1) is 12.8. The zero-order chi connectivity index (χ0) is 12.7. The molecule has 1 aromatic rings. The summed E-state index contributed by atoms with van der Waals surface area (Å²) in [5, 5.41) is 15.9. The van der Waals surface area contributed by atoms with Gasteiger partial charge in [-0.25, -0.2) is 9.18 Å². The number of aliphatic hydroxyl groups is 1. The number of halogens is 1. The van der Waals surface area contributed by atoms with Gasteiger partial charge in [-0.05, 0) is 31.2 Å². The number of aliphatic hydroxyl groups excluding tert-OH is 1. The van der Waals surface area contributed by atoms with Crippen LogP contribution in [-0.2, 0) is 9.53 Å². The van der Waals surface area contributed by atoms with Crippen LogP contribution in [0.5, 0.6) is 0 Å². The van der Waals surface area contributed by atoms with Crippen molar-refractivity contribution < 1.29 is 19.0 Å². The van der Waals surface area contributed by atoms with Crippen LogP contribution >= 0.6 is 0 Å². The smallest absolute Gasteiger partial charge is 0.362 e. The highest BCUT2D eigenvalue weighted by atomic mass is 19.1. The van der Waals surface area contributed by atoms with Crippen LogP contribution < -0.4 is 0 Å². The number of ether oxygens (including phenoxy) is 1. The van der Waals surface area contributed by atoms with E-state index in [-0.39, 0.29) is 12.3 Å². The minimum absolute atomic E-state index is 0.169. The second-order valence-electron chi connectivity index (χ2n) is 2.91. The van der Waals surface area contributed by atoms with Crippen molar-refractivity contribution in [2.75, 3.05) is 6.61 Å². The molecule has 0 aromatic heterocycles. The fourth-order valence-corrected chi connectivity index (χ4v) is 0.944. The molecule has 90 valence electrons. The summed E-state index contributed by atoms with van der Waals surface area (Å²) >= 11 is 0. The molecule has 0 unspecified atom stereocenters. The lowest BCUT2D eigenvalue weighted by molar-refractivity contribution is -0.138. The summed E-state index contributed by atoms with van der Waals surface area (Å²) in [6.45, 7) is 1.80. The number of hydrogen-bond donors (Lipinski definition) is 1. The molecule has 0 bridgehead atoms. The fourth-order valence-electron chi connectivity index (χ4n) is 0.944. The topological polar surface area (TPSA) is 71.2 Å². The number of rotatable bonds is 4. The predicted octanol–water partition coefficient (Wildman–Crippen LogP) is 2.87. The molecule has 5 nitrogen and oxygen atoms in total. The molecular weight excluding hydrogens is 227 g/mol. The van der Waals surface area contributed by atoms with Gasteiger partial charge in [-0.2, -0.15) is 5.11 Å². The Hall–Kier alpha value is -2.24. The Morgan fingerprint density at radius 1 is 1.47 bits per heavy atom. The Bertz CT molecular complexity index is 441. The average Bonchev–Trinajstić information content (AvgIpc) is 2.32. The number of esters is 1. The molecule has 0 fully saturated rings. The second kappa shape index (κ2) is 6.37. The van der Waals surface area contributed by atoms with Gasteiger partial charge < -0.3 is 9.84 Å². The minimum atomic E-state index is -0.777. The van der Waals surface area contributed by atoms with Gasteiger partial charge in [-0.3, -0.25) is 0 Å². The van der Waals surface area contributed by atoms with E-state index >= 15 is 0 Å². The third-order valence-electron chi connectivity index (χ3n) is 1.71. The molecule has 0 aliphatic carbocycles. The van der Waals surface area contributed by atoms with Crippen molar-refractivity contribution in [1.29, 1.82) is 0 Å². The summed E-state index contributed by atoms with van der Waals surface area (Å²) in [6.07, 6.45) is 0.505. The van der Waals surface area contributed by atoms with E-state index in [4.69, 9.17) is 5.11 Å². The number of carbonyl (C=O) groups excluding carboxylic acids is 1.